The van der Waals surface area contributed by atoms with E-state index in [1.165, 1.54) is 60.7 Å². The Balaban J connectivity index is 1.11. The lowest BCUT2D eigenvalue weighted by Gasteiger charge is -2.41. The summed E-state index contributed by atoms with van der Waals surface area (Å²) in [5, 5.41) is 11.0. The van der Waals surface area contributed by atoms with Crippen molar-refractivity contribution in [2.75, 3.05) is 10.2 Å². The lowest BCUT2D eigenvalue weighted by Crippen LogP contribution is -2.37. The van der Waals surface area contributed by atoms with Crippen LogP contribution in [0.25, 0.3) is 82.5 Å². The number of para-hydroxylation sites is 3. The van der Waals surface area contributed by atoms with Gasteiger partial charge in [-0.25, -0.2) is 0 Å². The zero-order valence-corrected chi connectivity index (χ0v) is 45.5. The minimum absolute atomic E-state index is 0.0225. The second-order valence-corrected chi connectivity index (χ2v) is 25.3. The van der Waals surface area contributed by atoms with Crippen LogP contribution in [-0.4, -0.2) is 11.8 Å². The van der Waals surface area contributed by atoms with Crippen LogP contribution >= 0.6 is 0 Å². The molecule has 0 unspecified atom stereocenters. The van der Waals surface area contributed by atoms with E-state index in [1.807, 2.05) is 0 Å². The van der Waals surface area contributed by atoms with E-state index < -0.39 is 0 Å². The SMILES string of the molecule is CC(C)(C)c1ccc(Nc2cc3oc4cc5c(cc4c3cc2-c2c3c4c(c6cc(C(C)(C)C)ccc6n4-c4cc(N(c6ccccc6)c6ccccc6)ccc4B3)c3c2oc2ccccc23)C(C)(C)CCC5(C)C)cc1. The van der Waals surface area contributed by atoms with E-state index in [1.54, 1.807) is 0 Å². The van der Waals surface area contributed by atoms with Gasteiger partial charge in [0.25, 0.3) is 0 Å². The molecule has 3 aromatic heterocycles. The number of rotatable bonds is 6. The van der Waals surface area contributed by atoms with E-state index in [2.05, 4.69) is 254 Å². The molecule has 6 heteroatoms. The quantitative estimate of drug-likeness (QED) is 0.169. The largest absolute Gasteiger partial charge is 0.456 e. The van der Waals surface area contributed by atoms with Crippen LogP contribution in [0.1, 0.15) is 104 Å². The third-order valence-corrected chi connectivity index (χ3v) is 17.3. The van der Waals surface area contributed by atoms with Crippen molar-refractivity contribution < 1.29 is 8.83 Å². The van der Waals surface area contributed by atoms with Gasteiger partial charge in [0.2, 0.25) is 0 Å². The van der Waals surface area contributed by atoms with Crippen LogP contribution in [0.2, 0.25) is 0 Å². The normalized spacial score (nSPS) is 14.9. The molecule has 1 aliphatic heterocycles. The Morgan fingerprint density at radius 2 is 1.14 bits per heavy atom. The third-order valence-electron chi connectivity index (χ3n) is 17.3. The molecule has 374 valence electrons. The topological polar surface area (TPSA) is 46.5 Å². The van der Waals surface area contributed by atoms with E-state index >= 15 is 0 Å². The number of hydrogen-bond acceptors (Lipinski definition) is 4. The number of anilines is 5. The lowest BCUT2D eigenvalue weighted by atomic mass is 9.58. The number of hydrogen-bond donors (Lipinski definition) is 1. The second kappa shape index (κ2) is 16.3. The molecule has 0 saturated carbocycles. The summed E-state index contributed by atoms with van der Waals surface area (Å²) in [6.07, 6.45) is 2.28. The van der Waals surface area contributed by atoms with Crippen molar-refractivity contribution in [1.29, 1.82) is 0 Å². The van der Waals surface area contributed by atoms with Gasteiger partial charge in [0.15, 0.2) is 7.28 Å². The predicted octanol–water partition coefficient (Wildman–Crippen LogP) is 18.1. The Labute approximate surface area is 446 Å². The van der Waals surface area contributed by atoms with Gasteiger partial charge in [0, 0.05) is 77.9 Å². The molecule has 12 aromatic rings. The molecule has 0 spiro atoms. The van der Waals surface area contributed by atoms with Gasteiger partial charge >= 0.3 is 0 Å². The summed E-state index contributed by atoms with van der Waals surface area (Å²) < 4.78 is 17.0. The zero-order valence-electron chi connectivity index (χ0n) is 45.5. The van der Waals surface area contributed by atoms with Crippen LogP contribution in [0.4, 0.5) is 28.4 Å². The number of benzene rings is 9. The van der Waals surface area contributed by atoms with Crippen LogP contribution in [0.15, 0.2) is 179 Å². The van der Waals surface area contributed by atoms with Gasteiger partial charge in [-0.05, 0) is 147 Å². The molecule has 0 saturated heterocycles. The fourth-order valence-electron chi connectivity index (χ4n) is 13.0. The Bertz CT molecular complexity index is 4310. The smallest absolute Gasteiger partial charge is 0.198 e. The third kappa shape index (κ3) is 7.12. The van der Waals surface area contributed by atoms with Crippen LogP contribution in [-0.2, 0) is 21.7 Å². The number of aromatic nitrogens is 1. The summed E-state index contributed by atoms with van der Waals surface area (Å²) in [7, 11) is 0.703. The number of fused-ring (bicyclic) bond motifs is 13. The second-order valence-electron chi connectivity index (χ2n) is 25.3. The number of furan rings is 2. The average Bonchev–Trinajstić information content (AvgIpc) is 4.08. The van der Waals surface area contributed by atoms with E-state index in [0.29, 0.717) is 7.28 Å². The summed E-state index contributed by atoms with van der Waals surface area (Å²) >= 11 is 0. The Morgan fingerprint density at radius 3 is 1.83 bits per heavy atom. The summed E-state index contributed by atoms with van der Waals surface area (Å²) in [5.74, 6) is 0. The molecule has 76 heavy (non-hydrogen) atoms. The average molecular weight is 990 g/mol. The van der Waals surface area contributed by atoms with Gasteiger partial charge in [-0.3, -0.25) is 0 Å². The van der Waals surface area contributed by atoms with Crippen LogP contribution < -0.4 is 21.1 Å². The monoisotopic (exact) mass is 990 g/mol. The molecule has 4 heterocycles. The molecule has 1 N–H and O–H groups in total. The molecular weight excluding hydrogens is 926 g/mol. The minimum Gasteiger partial charge on any atom is -0.456 e. The van der Waals surface area contributed by atoms with Crippen molar-refractivity contribution in [2.24, 2.45) is 0 Å². The lowest BCUT2D eigenvalue weighted by molar-refractivity contribution is 0.332. The van der Waals surface area contributed by atoms with Gasteiger partial charge in [0.05, 0.1) is 16.7 Å². The van der Waals surface area contributed by atoms with E-state index in [0.717, 1.165) is 96.3 Å². The number of nitrogens with zero attached hydrogens (tertiary/aromatic N) is 2. The first kappa shape index (κ1) is 46.6. The fourth-order valence-corrected chi connectivity index (χ4v) is 13.0. The maximum atomic E-state index is 7.40. The highest BCUT2D eigenvalue weighted by Crippen LogP contribution is 2.52. The summed E-state index contributed by atoms with van der Waals surface area (Å²) in [6, 6.07) is 62.9. The number of nitrogens with one attached hydrogen (secondary N) is 1. The first-order chi connectivity index (χ1) is 36.4. The molecule has 5 nitrogen and oxygen atoms in total. The molecule has 14 rings (SSSR count). The van der Waals surface area contributed by atoms with E-state index in [9.17, 15) is 0 Å². The maximum absolute atomic E-state index is 7.40. The Morgan fingerprint density at radius 1 is 0.526 bits per heavy atom. The Hall–Kier alpha value is -7.96. The standard InChI is InChI=1S/C70H64BN3O2/c1-67(2,3)41-25-28-43(29-26-41)72-55-40-60-48(49-38-52-53(39-59(49)75-60)70(9,10)34-33-69(52,7)8)37-50(55)63-64-65-61(62-47-23-17-18-24-58(47)76-66(62)63)51-35-42(68(4,5)6)27-32-56(51)74(65)57-36-46(30-31-54(57)71-64)73(44-19-13-11-14-20-44)45-21-15-12-16-22-45/h11-32,35-40,71-72H,33-34H2,1-10H3. The van der Waals surface area contributed by atoms with Crippen molar-refractivity contribution in [3.63, 3.8) is 0 Å². The predicted molar refractivity (Wildman–Crippen MR) is 324 cm³/mol. The summed E-state index contributed by atoms with van der Waals surface area (Å²) in [4.78, 5) is 2.38. The van der Waals surface area contributed by atoms with Crippen molar-refractivity contribution in [1.82, 2.24) is 4.57 Å². The highest BCUT2D eigenvalue weighted by molar-refractivity contribution is 6.74. The van der Waals surface area contributed by atoms with Crippen LogP contribution in [0, 0.1) is 0 Å². The van der Waals surface area contributed by atoms with Gasteiger partial charge in [0.1, 0.15) is 22.3 Å². The van der Waals surface area contributed by atoms with Crippen molar-refractivity contribution in [3.8, 4) is 16.8 Å². The molecule has 1 aliphatic carbocycles. The van der Waals surface area contributed by atoms with Gasteiger partial charge < -0.3 is 23.6 Å². The molecule has 0 radical (unpaired) electrons. The summed E-state index contributed by atoms with van der Waals surface area (Å²) in [5.41, 5.74) is 22.6. The van der Waals surface area contributed by atoms with Gasteiger partial charge in [-0.2, -0.15) is 0 Å². The highest BCUT2D eigenvalue weighted by atomic mass is 16.3. The molecule has 0 fully saturated rings. The van der Waals surface area contributed by atoms with Crippen molar-refractivity contribution >= 4 is 112 Å². The zero-order chi connectivity index (χ0) is 52.2. The maximum Gasteiger partial charge on any atom is 0.198 e. The molecule has 0 bridgehead atoms. The van der Waals surface area contributed by atoms with Crippen LogP contribution in [0.5, 0.6) is 0 Å². The van der Waals surface area contributed by atoms with E-state index in [-0.39, 0.29) is 21.7 Å². The molecule has 0 amide bonds. The highest BCUT2D eigenvalue weighted by Gasteiger charge is 2.39. The van der Waals surface area contributed by atoms with Crippen molar-refractivity contribution in [3.05, 3.63) is 192 Å². The first-order valence-corrected chi connectivity index (χ1v) is 27.3. The fraction of sp³-hybridized carbons (Fsp3) is 0.229. The first-order valence-electron chi connectivity index (χ1n) is 27.3. The van der Waals surface area contributed by atoms with Gasteiger partial charge in [-0.15, -0.1) is 0 Å². The Kier molecular flexibility index (Phi) is 9.97. The van der Waals surface area contributed by atoms with Crippen molar-refractivity contribution in [2.45, 2.75) is 104 Å². The minimum atomic E-state index is -0.0707. The van der Waals surface area contributed by atoms with E-state index in [4.69, 9.17) is 8.83 Å². The summed E-state index contributed by atoms with van der Waals surface area (Å²) in [6.45, 7) is 23.4. The molecule has 0 atom stereocenters. The van der Waals surface area contributed by atoms with Crippen LogP contribution in [0.3, 0.4) is 0 Å². The molecule has 2 aliphatic rings. The molecular formula is C70H64BN3O2. The van der Waals surface area contributed by atoms with Gasteiger partial charge in [-0.1, -0.05) is 154 Å². The molecule has 9 aromatic carbocycles.